The number of benzene rings is 1. The normalized spacial score (nSPS) is 12.0. The van der Waals surface area contributed by atoms with E-state index in [1.54, 1.807) is 7.05 Å². The number of nitrogens with zero attached hydrogens (tertiary/aromatic N) is 1. The first kappa shape index (κ1) is 21.5. The van der Waals surface area contributed by atoms with Crippen LogP contribution in [-0.4, -0.2) is 38.9 Å². The van der Waals surface area contributed by atoms with Crippen molar-refractivity contribution in [2.24, 2.45) is 10.9 Å². The lowest BCUT2D eigenvalue weighted by Crippen LogP contribution is -2.37. The minimum atomic E-state index is 0.256. The van der Waals surface area contributed by atoms with Gasteiger partial charge in [0.1, 0.15) is 0 Å². The van der Waals surface area contributed by atoms with Crippen molar-refractivity contribution in [3.05, 3.63) is 35.4 Å². The third-order valence-electron chi connectivity index (χ3n) is 3.50. The Bertz CT molecular complexity index is 484. The predicted octanol–water partition coefficient (Wildman–Crippen LogP) is 3.34. The summed E-state index contributed by atoms with van der Waals surface area (Å²) >= 11 is 0. The summed E-state index contributed by atoms with van der Waals surface area (Å²) in [5.41, 5.74) is 2.41. The van der Waals surface area contributed by atoms with Gasteiger partial charge in [-0.1, -0.05) is 38.1 Å². The zero-order valence-corrected chi connectivity index (χ0v) is 16.5. The number of nitrogens with one attached hydrogen (secondary N) is 2. The first-order chi connectivity index (χ1) is 12.0. The molecule has 142 valence electrons. The van der Waals surface area contributed by atoms with Crippen molar-refractivity contribution in [2.75, 3.05) is 26.8 Å². The summed E-state index contributed by atoms with van der Waals surface area (Å²) in [6, 6.07) is 8.47. The van der Waals surface area contributed by atoms with Gasteiger partial charge < -0.3 is 20.1 Å². The fourth-order valence-electron chi connectivity index (χ4n) is 2.12. The second-order valence-electron chi connectivity index (χ2n) is 6.85. The van der Waals surface area contributed by atoms with Crippen molar-refractivity contribution in [1.29, 1.82) is 0 Å². The third kappa shape index (κ3) is 10.8. The number of ether oxygens (including phenoxy) is 2. The Morgan fingerprint density at radius 3 is 2.32 bits per heavy atom. The highest BCUT2D eigenvalue weighted by Gasteiger charge is 2.00. The smallest absolute Gasteiger partial charge is 0.191 e. The van der Waals surface area contributed by atoms with Gasteiger partial charge in [0, 0.05) is 33.4 Å². The summed E-state index contributed by atoms with van der Waals surface area (Å²) in [6.45, 7) is 12.3. The molecule has 1 aromatic rings. The molecule has 0 heterocycles. The number of rotatable bonds is 11. The molecule has 0 spiro atoms. The maximum atomic E-state index is 5.61. The van der Waals surface area contributed by atoms with Crippen LogP contribution in [0.3, 0.4) is 0 Å². The van der Waals surface area contributed by atoms with E-state index in [2.05, 4.69) is 53.7 Å². The monoisotopic (exact) mass is 349 g/mol. The summed E-state index contributed by atoms with van der Waals surface area (Å²) in [5.74, 6) is 1.40. The van der Waals surface area contributed by atoms with Crippen molar-refractivity contribution < 1.29 is 9.47 Å². The highest BCUT2D eigenvalue weighted by atomic mass is 16.5. The first-order valence-corrected chi connectivity index (χ1v) is 9.23. The number of hydrogen-bond donors (Lipinski definition) is 2. The first-order valence-electron chi connectivity index (χ1n) is 9.23. The van der Waals surface area contributed by atoms with Crippen LogP contribution >= 0.6 is 0 Å². The summed E-state index contributed by atoms with van der Waals surface area (Å²) in [7, 11) is 1.79. The van der Waals surface area contributed by atoms with Gasteiger partial charge in [-0.3, -0.25) is 4.99 Å². The van der Waals surface area contributed by atoms with Gasteiger partial charge in [0.05, 0.1) is 12.7 Å². The number of aliphatic imine (C=N–C) groups is 1. The highest BCUT2D eigenvalue weighted by molar-refractivity contribution is 5.79. The Labute approximate surface area is 153 Å². The quantitative estimate of drug-likeness (QED) is 0.365. The van der Waals surface area contributed by atoms with E-state index < -0.39 is 0 Å². The van der Waals surface area contributed by atoms with Crippen molar-refractivity contribution in [3.63, 3.8) is 0 Å². The molecule has 5 nitrogen and oxygen atoms in total. The molecule has 0 unspecified atom stereocenters. The molecule has 0 aromatic heterocycles. The Balaban J connectivity index is 2.23. The molecule has 5 heteroatoms. The van der Waals surface area contributed by atoms with Gasteiger partial charge in [-0.15, -0.1) is 0 Å². The average molecular weight is 350 g/mol. The molecule has 1 rings (SSSR count). The molecular weight excluding hydrogens is 314 g/mol. The Kier molecular flexibility index (Phi) is 10.9. The molecule has 25 heavy (non-hydrogen) atoms. The Morgan fingerprint density at radius 2 is 1.72 bits per heavy atom. The van der Waals surface area contributed by atoms with Crippen LogP contribution in [0.2, 0.25) is 0 Å². The van der Waals surface area contributed by atoms with E-state index in [0.29, 0.717) is 12.5 Å². The van der Waals surface area contributed by atoms with Crippen LogP contribution in [0.1, 0.15) is 45.2 Å². The molecule has 0 saturated heterocycles. The third-order valence-corrected chi connectivity index (χ3v) is 3.50. The minimum Gasteiger partial charge on any atom is -0.381 e. The Hall–Kier alpha value is -1.59. The molecule has 0 saturated carbocycles. The van der Waals surface area contributed by atoms with Crippen LogP contribution in [0, 0.1) is 5.92 Å². The van der Waals surface area contributed by atoms with E-state index in [-0.39, 0.29) is 6.10 Å². The van der Waals surface area contributed by atoms with E-state index in [4.69, 9.17) is 9.47 Å². The van der Waals surface area contributed by atoms with Crippen LogP contribution in [0.5, 0.6) is 0 Å². The van der Waals surface area contributed by atoms with Crippen LogP contribution in [0.15, 0.2) is 29.3 Å². The maximum absolute atomic E-state index is 5.61. The number of hydrogen-bond acceptors (Lipinski definition) is 3. The van der Waals surface area contributed by atoms with E-state index in [0.717, 1.165) is 38.7 Å². The van der Waals surface area contributed by atoms with Crippen molar-refractivity contribution in [2.45, 2.75) is 53.4 Å². The standard InChI is InChI=1S/C20H35N3O2/c1-16(2)14-24-12-6-11-22-20(21-5)23-13-18-7-9-19(10-8-18)15-25-17(3)4/h7-10,16-17H,6,11-15H2,1-5H3,(H2,21,22,23). The van der Waals surface area contributed by atoms with Gasteiger partial charge in [0.25, 0.3) is 0 Å². The second kappa shape index (κ2) is 12.7. The van der Waals surface area contributed by atoms with E-state index >= 15 is 0 Å². The average Bonchev–Trinajstić information content (AvgIpc) is 2.59. The summed E-state index contributed by atoms with van der Waals surface area (Å²) in [5, 5.41) is 6.64. The minimum absolute atomic E-state index is 0.256. The molecule has 1 aromatic carbocycles. The lowest BCUT2D eigenvalue weighted by molar-refractivity contribution is 0.0657. The van der Waals surface area contributed by atoms with Crippen LogP contribution < -0.4 is 10.6 Å². The van der Waals surface area contributed by atoms with Gasteiger partial charge in [-0.05, 0) is 37.3 Å². The van der Waals surface area contributed by atoms with Crippen molar-refractivity contribution >= 4 is 5.96 Å². The molecule has 0 atom stereocenters. The van der Waals surface area contributed by atoms with Gasteiger partial charge in [0.15, 0.2) is 5.96 Å². The Morgan fingerprint density at radius 1 is 1.04 bits per heavy atom. The lowest BCUT2D eigenvalue weighted by atomic mass is 10.1. The van der Waals surface area contributed by atoms with Gasteiger partial charge in [0.2, 0.25) is 0 Å². The molecule has 2 N–H and O–H groups in total. The zero-order valence-electron chi connectivity index (χ0n) is 16.5. The molecule has 0 radical (unpaired) electrons. The van der Waals surface area contributed by atoms with Gasteiger partial charge in [-0.2, -0.15) is 0 Å². The molecule has 0 aliphatic carbocycles. The van der Waals surface area contributed by atoms with Crippen LogP contribution in [0.4, 0.5) is 0 Å². The fourth-order valence-corrected chi connectivity index (χ4v) is 2.12. The van der Waals surface area contributed by atoms with Crippen LogP contribution in [0.25, 0.3) is 0 Å². The van der Waals surface area contributed by atoms with Crippen molar-refractivity contribution in [1.82, 2.24) is 10.6 Å². The highest BCUT2D eigenvalue weighted by Crippen LogP contribution is 2.07. The van der Waals surface area contributed by atoms with Crippen molar-refractivity contribution in [3.8, 4) is 0 Å². The topological polar surface area (TPSA) is 54.9 Å². The van der Waals surface area contributed by atoms with Crippen LogP contribution in [-0.2, 0) is 22.6 Å². The molecule has 0 bridgehead atoms. The van der Waals surface area contributed by atoms with E-state index in [1.807, 2.05) is 13.8 Å². The molecule has 0 amide bonds. The molecule has 0 aliphatic heterocycles. The van der Waals surface area contributed by atoms with E-state index in [1.165, 1.54) is 11.1 Å². The molecule has 0 fully saturated rings. The SMILES string of the molecule is CN=C(NCCCOCC(C)C)NCc1ccc(COC(C)C)cc1. The molecule has 0 aliphatic rings. The predicted molar refractivity (Wildman–Crippen MR) is 105 cm³/mol. The second-order valence-corrected chi connectivity index (χ2v) is 6.85. The summed E-state index contributed by atoms with van der Waals surface area (Å²) in [4.78, 5) is 4.25. The summed E-state index contributed by atoms with van der Waals surface area (Å²) < 4.78 is 11.2. The maximum Gasteiger partial charge on any atom is 0.191 e. The van der Waals surface area contributed by atoms with Gasteiger partial charge >= 0.3 is 0 Å². The largest absolute Gasteiger partial charge is 0.381 e. The zero-order chi connectivity index (χ0) is 18.5. The molecular formula is C20H35N3O2. The van der Waals surface area contributed by atoms with Gasteiger partial charge in [-0.25, -0.2) is 0 Å². The lowest BCUT2D eigenvalue weighted by Gasteiger charge is -2.13. The number of guanidine groups is 1. The van der Waals surface area contributed by atoms with E-state index in [9.17, 15) is 0 Å². The fraction of sp³-hybridized carbons (Fsp3) is 0.650. The summed E-state index contributed by atoms with van der Waals surface area (Å²) in [6.07, 6.45) is 1.23.